The van der Waals surface area contributed by atoms with Crippen molar-refractivity contribution >= 4 is 22.9 Å². The van der Waals surface area contributed by atoms with Crippen LogP contribution in [0.2, 0.25) is 0 Å². The summed E-state index contributed by atoms with van der Waals surface area (Å²) in [5.74, 6) is 0.224. The molecule has 5 rings (SSSR count). The van der Waals surface area contributed by atoms with Crippen molar-refractivity contribution in [1.82, 2.24) is 29.1 Å². The second kappa shape index (κ2) is 11.0. The minimum Gasteiger partial charge on any atom is -0.508 e. The molecule has 0 bridgehead atoms. The van der Waals surface area contributed by atoms with Crippen molar-refractivity contribution in [1.29, 1.82) is 0 Å². The van der Waals surface area contributed by atoms with Crippen LogP contribution in [0.5, 0.6) is 11.5 Å². The average molecular weight is 563 g/mol. The molecule has 216 valence electrons. The van der Waals surface area contributed by atoms with E-state index in [-0.39, 0.29) is 35.7 Å². The number of phenols is 2. The maximum Gasteiger partial charge on any atom is 0.407 e. The topological polar surface area (TPSA) is 157 Å². The van der Waals surface area contributed by atoms with E-state index in [1.54, 1.807) is 11.0 Å². The third kappa shape index (κ3) is 5.49. The number of amides is 2. The number of fused-ring (bicyclic) bond motifs is 1. The molecule has 4 N–H and O–H groups in total. The van der Waals surface area contributed by atoms with Gasteiger partial charge in [0.1, 0.15) is 18.0 Å². The second-order valence-corrected chi connectivity index (χ2v) is 10.9. The first-order chi connectivity index (χ1) is 19.5. The molecular weight excluding hydrogens is 528 g/mol. The Hall–Kier alpha value is -4.74. The summed E-state index contributed by atoms with van der Waals surface area (Å²) < 4.78 is 3.57. The van der Waals surface area contributed by atoms with E-state index < -0.39 is 11.8 Å². The summed E-state index contributed by atoms with van der Waals surface area (Å²) in [6, 6.07) is 10.6. The number of rotatable bonds is 7. The van der Waals surface area contributed by atoms with Gasteiger partial charge in [0.05, 0.1) is 11.3 Å². The number of H-pyrrole nitrogens is 1. The number of aromatic amines is 1. The van der Waals surface area contributed by atoms with Crippen molar-refractivity contribution in [3.63, 3.8) is 0 Å². The van der Waals surface area contributed by atoms with Gasteiger partial charge in [0.15, 0.2) is 5.82 Å². The molecule has 12 nitrogen and oxygen atoms in total. The second-order valence-electron chi connectivity index (χ2n) is 10.9. The molecule has 1 aliphatic rings. The largest absolute Gasteiger partial charge is 0.508 e. The number of hydrogen-bond acceptors (Lipinski definition) is 6. The number of hydrogen-bond donors (Lipinski definition) is 4. The summed E-state index contributed by atoms with van der Waals surface area (Å²) in [6.45, 7) is 5.67. The van der Waals surface area contributed by atoms with Crippen LogP contribution in [-0.2, 0) is 11.3 Å². The molecule has 3 heterocycles. The minimum absolute atomic E-state index is 0.00376. The molecule has 1 fully saturated rings. The fourth-order valence-corrected chi connectivity index (χ4v) is 5.45. The highest BCUT2D eigenvalue weighted by Gasteiger charge is 2.25. The predicted molar refractivity (Wildman–Crippen MR) is 152 cm³/mol. The molecule has 0 saturated carbocycles. The molecule has 1 aliphatic heterocycles. The lowest BCUT2D eigenvalue weighted by Crippen LogP contribution is -2.44. The number of aromatic nitrogens is 4. The Morgan fingerprint density at radius 3 is 2.51 bits per heavy atom. The van der Waals surface area contributed by atoms with Crippen LogP contribution in [0.3, 0.4) is 0 Å². The summed E-state index contributed by atoms with van der Waals surface area (Å²) in [5, 5.41) is 37.4. The van der Waals surface area contributed by atoms with Gasteiger partial charge in [-0.1, -0.05) is 13.8 Å². The minimum atomic E-state index is -1.12. The number of carbonyl (C=O) groups is 2. The fraction of sp³-hybridized carbons (Fsp3) is 0.379. The van der Waals surface area contributed by atoms with Gasteiger partial charge < -0.3 is 29.7 Å². The fourth-order valence-electron chi connectivity index (χ4n) is 5.45. The zero-order valence-corrected chi connectivity index (χ0v) is 23.2. The number of piperidine rings is 1. The van der Waals surface area contributed by atoms with Crippen LogP contribution >= 0.6 is 0 Å². The van der Waals surface area contributed by atoms with E-state index in [4.69, 9.17) is 5.11 Å². The lowest BCUT2D eigenvalue weighted by Gasteiger charge is -2.33. The molecule has 0 aliphatic carbocycles. The number of nitrogens with one attached hydrogen (secondary N) is 1. The molecule has 2 amide bonds. The average Bonchev–Trinajstić information content (AvgIpc) is 3.51. The van der Waals surface area contributed by atoms with Crippen LogP contribution < -0.4 is 5.69 Å². The molecule has 2 aromatic heterocycles. The van der Waals surface area contributed by atoms with Crippen LogP contribution in [0.4, 0.5) is 4.79 Å². The quantitative estimate of drug-likeness (QED) is 0.268. The van der Waals surface area contributed by atoms with E-state index in [1.807, 2.05) is 44.3 Å². The van der Waals surface area contributed by atoms with Gasteiger partial charge in [-0.3, -0.25) is 4.79 Å². The van der Waals surface area contributed by atoms with Gasteiger partial charge in [-0.05, 0) is 60.6 Å². The first-order valence-corrected chi connectivity index (χ1v) is 13.6. The number of carbonyl (C=O) groups excluding carboxylic acids is 1. The first kappa shape index (κ1) is 27.8. The molecule has 41 heavy (non-hydrogen) atoms. The molecule has 0 unspecified atom stereocenters. The summed E-state index contributed by atoms with van der Waals surface area (Å²) in [5.41, 5.74) is 2.11. The zero-order chi connectivity index (χ0) is 29.4. The summed E-state index contributed by atoms with van der Waals surface area (Å²) in [6.07, 6.45) is 2.53. The Kier molecular flexibility index (Phi) is 7.48. The number of aromatic hydroxyl groups is 2. The van der Waals surface area contributed by atoms with E-state index >= 15 is 0 Å². The molecule has 0 atom stereocenters. The number of carboxylic acid groups (broad SMARTS) is 1. The lowest BCUT2D eigenvalue weighted by molar-refractivity contribution is -0.133. The van der Waals surface area contributed by atoms with E-state index in [0.29, 0.717) is 35.8 Å². The Morgan fingerprint density at radius 1 is 1.10 bits per heavy atom. The zero-order valence-electron chi connectivity index (χ0n) is 23.2. The van der Waals surface area contributed by atoms with Crippen LogP contribution in [0.15, 0.2) is 47.4 Å². The van der Waals surface area contributed by atoms with Gasteiger partial charge in [-0.2, -0.15) is 5.10 Å². The van der Waals surface area contributed by atoms with Crippen LogP contribution in [0.25, 0.3) is 28.0 Å². The van der Waals surface area contributed by atoms with Gasteiger partial charge in [0.25, 0.3) is 0 Å². The molecule has 0 spiro atoms. The first-order valence-electron chi connectivity index (χ1n) is 13.6. The van der Waals surface area contributed by atoms with Crippen LogP contribution in [-0.4, -0.2) is 83.1 Å². The molecule has 4 aromatic rings. The third-order valence-corrected chi connectivity index (χ3v) is 7.81. The van der Waals surface area contributed by atoms with Gasteiger partial charge in [-0.15, -0.1) is 0 Å². The highest BCUT2D eigenvalue weighted by Crippen LogP contribution is 2.37. The normalized spacial score (nSPS) is 14.2. The maximum atomic E-state index is 12.8. The van der Waals surface area contributed by atoms with Crippen LogP contribution in [0.1, 0.15) is 38.2 Å². The van der Waals surface area contributed by atoms with E-state index in [2.05, 4.69) is 14.8 Å². The van der Waals surface area contributed by atoms with Crippen molar-refractivity contribution in [3.05, 3.63) is 58.6 Å². The van der Waals surface area contributed by atoms with Crippen LogP contribution in [0, 0.1) is 5.92 Å². The van der Waals surface area contributed by atoms with Gasteiger partial charge >= 0.3 is 11.8 Å². The summed E-state index contributed by atoms with van der Waals surface area (Å²) in [4.78, 5) is 39.0. The number of likely N-dealkylation sites (N-methyl/N-ethyl adjacent to an activating group) is 1. The van der Waals surface area contributed by atoms with Crippen molar-refractivity contribution in [2.75, 3.05) is 26.7 Å². The van der Waals surface area contributed by atoms with E-state index in [0.717, 1.165) is 35.2 Å². The summed E-state index contributed by atoms with van der Waals surface area (Å²) in [7, 11) is 1.39. The predicted octanol–water partition coefficient (Wildman–Crippen LogP) is 3.57. The highest BCUT2D eigenvalue weighted by molar-refractivity contribution is 5.83. The number of phenolic OH excluding ortho intramolecular Hbond substituents is 2. The third-order valence-electron chi connectivity index (χ3n) is 7.81. The monoisotopic (exact) mass is 562 g/mol. The van der Waals surface area contributed by atoms with Crippen molar-refractivity contribution < 1.29 is 24.9 Å². The van der Waals surface area contributed by atoms with Crippen molar-refractivity contribution in [2.24, 2.45) is 5.92 Å². The van der Waals surface area contributed by atoms with E-state index in [9.17, 15) is 24.6 Å². The van der Waals surface area contributed by atoms with Gasteiger partial charge in [-0.25, -0.2) is 19.3 Å². The van der Waals surface area contributed by atoms with Crippen molar-refractivity contribution in [2.45, 2.75) is 39.2 Å². The SMILES string of the molecule is CC(C)c1cc(-c2n[nH]c(=O)n2-c2ccc3c(ccn3CC3CCN(C(=O)CN(C)C(=O)O)CC3)c2)c(O)cc1O. The van der Waals surface area contributed by atoms with Gasteiger partial charge in [0, 0.05) is 49.8 Å². The van der Waals surface area contributed by atoms with Gasteiger partial charge in [0.2, 0.25) is 5.91 Å². The van der Waals surface area contributed by atoms with Crippen molar-refractivity contribution in [3.8, 4) is 28.6 Å². The summed E-state index contributed by atoms with van der Waals surface area (Å²) >= 11 is 0. The Labute approximate surface area is 236 Å². The molecule has 1 saturated heterocycles. The molecule has 2 aromatic carbocycles. The number of nitrogens with zero attached hydrogens (tertiary/aromatic N) is 5. The Bertz CT molecular complexity index is 1660. The Balaban J connectivity index is 1.34. The smallest absolute Gasteiger partial charge is 0.407 e. The maximum absolute atomic E-state index is 12.8. The highest BCUT2D eigenvalue weighted by atomic mass is 16.4. The molecule has 0 radical (unpaired) electrons. The standard InChI is InChI=1S/C29H34N6O6/c1-17(2)21-13-22(25(37)14-24(21)36)27-30-31-28(39)35(27)20-4-5-23-19(12-20)8-11-34(23)15-18-6-9-33(10-7-18)26(38)16-32(3)29(40)41/h4-5,8,11-14,17-18,36-37H,6-7,9-10,15-16H2,1-3H3,(H,31,39)(H,40,41). The number of likely N-dealkylation sites (tertiary alicyclic amines) is 1. The lowest BCUT2D eigenvalue weighted by atomic mass is 9.96. The molecular formula is C29H34N6O6. The van der Waals surface area contributed by atoms with E-state index in [1.165, 1.54) is 17.7 Å². The number of benzene rings is 2. The Morgan fingerprint density at radius 2 is 1.83 bits per heavy atom. The molecule has 12 heteroatoms.